The Morgan fingerprint density at radius 2 is 2.10 bits per heavy atom. The minimum Gasteiger partial charge on any atom is -0.449 e. The van der Waals surface area contributed by atoms with Crippen molar-refractivity contribution in [1.82, 2.24) is 9.44 Å². The molecule has 0 heterocycles. The average Bonchev–Trinajstić information content (AvgIpc) is 2.43. The van der Waals surface area contributed by atoms with Crippen LogP contribution in [0.15, 0.2) is 24.3 Å². The van der Waals surface area contributed by atoms with Crippen molar-refractivity contribution in [2.45, 2.75) is 13.5 Å². The van der Waals surface area contributed by atoms with Crippen LogP contribution in [0.3, 0.4) is 0 Å². The lowest BCUT2D eigenvalue weighted by molar-refractivity contribution is 0.158. The Balaban J connectivity index is 2.73. The third kappa shape index (κ3) is 6.27. The van der Waals surface area contributed by atoms with Crippen molar-refractivity contribution in [2.75, 3.05) is 13.2 Å². The van der Waals surface area contributed by atoms with Gasteiger partial charge < -0.3 is 10.5 Å². The van der Waals surface area contributed by atoms with E-state index in [1.165, 1.54) is 0 Å². The number of hydrogen-bond acceptors (Lipinski definition) is 5. The molecule has 8 heteroatoms. The van der Waals surface area contributed by atoms with Gasteiger partial charge in [-0.25, -0.2) is 9.52 Å². The second kappa shape index (κ2) is 8.26. The molecule has 1 aromatic carbocycles. The number of nitrogens with two attached hydrogens (primary N) is 1. The minimum atomic E-state index is -3.99. The summed E-state index contributed by atoms with van der Waals surface area (Å²) in [7, 11) is -3.99. The van der Waals surface area contributed by atoms with Crippen molar-refractivity contribution in [1.29, 1.82) is 0 Å². The first-order valence-corrected chi connectivity index (χ1v) is 7.68. The molecule has 0 aliphatic carbocycles. The summed E-state index contributed by atoms with van der Waals surface area (Å²) in [5.74, 6) is 5.55. The Kier molecular flexibility index (Phi) is 6.68. The lowest BCUT2D eigenvalue weighted by Gasteiger charge is -2.09. The van der Waals surface area contributed by atoms with Gasteiger partial charge in [0.05, 0.1) is 13.2 Å². The second-order valence-electron chi connectivity index (χ2n) is 3.81. The molecule has 0 bridgehead atoms. The van der Waals surface area contributed by atoms with Gasteiger partial charge in [0, 0.05) is 12.1 Å². The molecule has 0 spiro atoms. The standard InChI is InChI=1S/C13H17N3O4S/c1-2-20-13(17)16-21(18,19)15-10-12-7-4-3-6-11(12)8-5-9-14/h3-4,6-7,15H,2,9-10,14H2,1H3,(H,16,17). The zero-order valence-corrected chi connectivity index (χ0v) is 12.4. The molecular weight excluding hydrogens is 294 g/mol. The van der Waals surface area contributed by atoms with E-state index in [1.54, 1.807) is 35.9 Å². The van der Waals surface area contributed by atoms with Gasteiger partial charge in [0.2, 0.25) is 0 Å². The van der Waals surface area contributed by atoms with Gasteiger partial charge in [0.25, 0.3) is 0 Å². The largest absolute Gasteiger partial charge is 0.449 e. The maximum Gasteiger partial charge on any atom is 0.421 e. The van der Waals surface area contributed by atoms with Crippen LogP contribution >= 0.6 is 0 Å². The van der Waals surface area contributed by atoms with E-state index in [0.29, 0.717) is 11.1 Å². The van der Waals surface area contributed by atoms with Crippen LogP contribution in [0.2, 0.25) is 0 Å². The molecule has 0 unspecified atom stereocenters. The summed E-state index contributed by atoms with van der Waals surface area (Å²) in [5, 5.41) is 0. The molecule has 0 aromatic heterocycles. The molecule has 0 radical (unpaired) electrons. The first-order valence-electron chi connectivity index (χ1n) is 6.19. The third-order valence-electron chi connectivity index (χ3n) is 2.29. The Hall–Kier alpha value is -2.08. The number of carbonyl (C=O) groups excluding carboxylic acids is 1. The number of rotatable bonds is 5. The van der Waals surface area contributed by atoms with Gasteiger partial charge in [0.1, 0.15) is 0 Å². The monoisotopic (exact) mass is 311 g/mol. The Morgan fingerprint density at radius 1 is 1.38 bits per heavy atom. The number of carbonyl (C=O) groups is 1. The fourth-order valence-corrected chi connectivity index (χ4v) is 2.12. The number of nitrogens with one attached hydrogen (secondary N) is 2. The highest BCUT2D eigenvalue weighted by Gasteiger charge is 2.14. The first-order chi connectivity index (χ1) is 9.98. The summed E-state index contributed by atoms with van der Waals surface area (Å²) in [6.45, 7) is 1.86. The van der Waals surface area contributed by atoms with Crippen LogP contribution in [0.5, 0.6) is 0 Å². The molecule has 114 valence electrons. The van der Waals surface area contributed by atoms with Gasteiger partial charge in [-0.1, -0.05) is 30.0 Å². The molecule has 21 heavy (non-hydrogen) atoms. The molecule has 1 rings (SSSR count). The van der Waals surface area contributed by atoms with Crippen LogP contribution in [-0.4, -0.2) is 27.7 Å². The Labute approximate surface area is 124 Å². The molecule has 0 atom stereocenters. The van der Waals surface area contributed by atoms with E-state index in [2.05, 4.69) is 21.3 Å². The van der Waals surface area contributed by atoms with Crippen LogP contribution in [-0.2, 0) is 21.5 Å². The molecule has 0 aliphatic rings. The van der Waals surface area contributed by atoms with Crippen molar-refractivity contribution in [3.8, 4) is 11.8 Å². The zero-order valence-electron chi connectivity index (χ0n) is 11.5. The van der Waals surface area contributed by atoms with Crippen LogP contribution < -0.4 is 15.2 Å². The topological polar surface area (TPSA) is 111 Å². The second-order valence-corrected chi connectivity index (χ2v) is 5.31. The van der Waals surface area contributed by atoms with Gasteiger partial charge in [-0.05, 0) is 18.6 Å². The molecule has 1 aromatic rings. The number of amides is 1. The summed E-state index contributed by atoms with van der Waals surface area (Å²) in [4.78, 5) is 11.1. The number of hydrogen-bond donors (Lipinski definition) is 3. The molecule has 7 nitrogen and oxygen atoms in total. The minimum absolute atomic E-state index is 0.00976. The average molecular weight is 311 g/mol. The van der Waals surface area contributed by atoms with Gasteiger partial charge in [-0.15, -0.1) is 0 Å². The van der Waals surface area contributed by atoms with E-state index in [-0.39, 0.29) is 19.7 Å². The normalized spacial score (nSPS) is 10.4. The fraction of sp³-hybridized carbons (Fsp3) is 0.308. The summed E-state index contributed by atoms with van der Waals surface area (Å²) in [6, 6.07) is 7.03. The van der Waals surface area contributed by atoms with Crippen molar-refractivity contribution in [3.05, 3.63) is 35.4 Å². The zero-order chi connectivity index (χ0) is 15.7. The predicted octanol–water partition coefficient (Wildman–Crippen LogP) is 0.0773. The van der Waals surface area contributed by atoms with Gasteiger partial charge in [-0.2, -0.15) is 13.1 Å². The predicted molar refractivity (Wildman–Crippen MR) is 78.3 cm³/mol. The van der Waals surface area contributed by atoms with Gasteiger partial charge in [0.15, 0.2) is 0 Å². The maximum absolute atomic E-state index is 11.6. The highest BCUT2D eigenvalue weighted by atomic mass is 32.2. The van der Waals surface area contributed by atoms with E-state index in [4.69, 9.17) is 5.73 Å². The number of benzene rings is 1. The van der Waals surface area contributed by atoms with E-state index >= 15 is 0 Å². The van der Waals surface area contributed by atoms with Crippen molar-refractivity contribution in [2.24, 2.45) is 5.73 Å². The van der Waals surface area contributed by atoms with Crippen LogP contribution in [0, 0.1) is 11.8 Å². The molecule has 0 saturated heterocycles. The summed E-state index contributed by atoms with van der Waals surface area (Å²) < 4.78 is 31.7. The maximum atomic E-state index is 11.6. The molecule has 0 fully saturated rings. The lowest BCUT2D eigenvalue weighted by atomic mass is 10.1. The SMILES string of the molecule is CCOC(=O)NS(=O)(=O)NCc1ccccc1C#CCN. The lowest BCUT2D eigenvalue weighted by Crippen LogP contribution is -2.40. The molecule has 1 amide bonds. The smallest absolute Gasteiger partial charge is 0.421 e. The van der Waals surface area contributed by atoms with Crippen molar-refractivity contribution in [3.63, 3.8) is 0 Å². The quantitative estimate of drug-likeness (QED) is 0.667. The van der Waals surface area contributed by atoms with Gasteiger partial charge in [-0.3, -0.25) is 0 Å². The summed E-state index contributed by atoms with van der Waals surface area (Å²) >= 11 is 0. The van der Waals surface area contributed by atoms with Crippen LogP contribution in [0.4, 0.5) is 4.79 Å². The molecule has 0 aliphatic heterocycles. The van der Waals surface area contributed by atoms with Crippen molar-refractivity contribution < 1.29 is 17.9 Å². The van der Waals surface area contributed by atoms with E-state index in [0.717, 1.165) is 0 Å². The van der Waals surface area contributed by atoms with E-state index in [9.17, 15) is 13.2 Å². The van der Waals surface area contributed by atoms with Gasteiger partial charge >= 0.3 is 16.3 Å². The first kappa shape index (κ1) is 17.0. The molecular formula is C13H17N3O4S. The molecule has 4 N–H and O–H groups in total. The number of ether oxygens (including phenoxy) is 1. The Morgan fingerprint density at radius 3 is 2.76 bits per heavy atom. The third-order valence-corrected chi connectivity index (χ3v) is 3.25. The summed E-state index contributed by atoms with van der Waals surface area (Å²) in [5.41, 5.74) is 6.65. The van der Waals surface area contributed by atoms with E-state index in [1.807, 2.05) is 0 Å². The summed E-state index contributed by atoms with van der Waals surface area (Å²) in [6.07, 6.45) is -1.03. The van der Waals surface area contributed by atoms with Crippen LogP contribution in [0.25, 0.3) is 0 Å². The van der Waals surface area contributed by atoms with Crippen LogP contribution in [0.1, 0.15) is 18.1 Å². The van der Waals surface area contributed by atoms with Crippen molar-refractivity contribution >= 4 is 16.3 Å². The Bertz CT molecular complexity index is 647. The molecule has 0 saturated carbocycles. The highest BCUT2D eigenvalue weighted by molar-refractivity contribution is 7.88. The van der Waals surface area contributed by atoms with E-state index < -0.39 is 16.3 Å². The highest BCUT2D eigenvalue weighted by Crippen LogP contribution is 2.07. The fourth-order valence-electron chi connectivity index (χ4n) is 1.42.